The SMILES string of the molecule is C=C/C=C/c1ccc(CCC)cc1. The van der Waals surface area contributed by atoms with E-state index in [0.717, 1.165) is 0 Å². The van der Waals surface area contributed by atoms with E-state index in [-0.39, 0.29) is 0 Å². The lowest BCUT2D eigenvalue weighted by atomic mass is 10.1. The molecule has 0 N–H and O–H groups in total. The van der Waals surface area contributed by atoms with Gasteiger partial charge < -0.3 is 0 Å². The van der Waals surface area contributed by atoms with Crippen LogP contribution >= 0.6 is 0 Å². The number of benzene rings is 1. The van der Waals surface area contributed by atoms with E-state index in [1.807, 2.05) is 6.08 Å². The Hall–Kier alpha value is -1.30. The minimum atomic E-state index is 1.17. The third-order valence-electron chi connectivity index (χ3n) is 1.94. The van der Waals surface area contributed by atoms with Crippen LogP contribution in [-0.4, -0.2) is 0 Å². The standard InChI is InChI=1S/C13H16/c1-3-5-7-13-10-8-12(6-4-2)9-11-13/h3,5,7-11H,1,4,6H2,2H3/b7-5+. The average Bonchev–Trinajstić information content (AvgIpc) is 2.17. The first-order chi connectivity index (χ1) is 6.36. The predicted molar refractivity (Wildman–Crippen MR) is 59.7 cm³/mol. The van der Waals surface area contributed by atoms with Crippen molar-refractivity contribution in [3.8, 4) is 0 Å². The van der Waals surface area contributed by atoms with Gasteiger partial charge >= 0.3 is 0 Å². The fraction of sp³-hybridized carbons (Fsp3) is 0.231. The summed E-state index contributed by atoms with van der Waals surface area (Å²) in [6.07, 6.45) is 8.19. The topological polar surface area (TPSA) is 0 Å². The van der Waals surface area contributed by atoms with E-state index in [0.29, 0.717) is 0 Å². The van der Waals surface area contributed by atoms with E-state index in [2.05, 4.69) is 43.8 Å². The zero-order valence-electron chi connectivity index (χ0n) is 8.16. The van der Waals surface area contributed by atoms with Crippen LogP contribution in [0, 0.1) is 0 Å². The molecule has 0 heteroatoms. The molecule has 0 unspecified atom stereocenters. The van der Waals surface area contributed by atoms with Crippen LogP contribution in [0.15, 0.2) is 43.0 Å². The van der Waals surface area contributed by atoms with Gasteiger partial charge in [0.05, 0.1) is 0 Å². The summed E-state index contributed by atoms with van der Waals surface area (Å²) in [6, 6.07) is 8.66. The van der Waals surface area contributed by atoms with Crippen LogP contribution in [0.3, 0.4) is 0 Å². The van der Waals surface area contributed by atoms with Crippen molar-refractivity contribution < 1.29 is 0 Å². The van der Waals surface area contributed by atoms with Gasteiger partial charge in [0, 0.05) is 0 Å². The molecule has 0 heterocycles. The molecule has 0 bridgehead atoms. The monoisotopic (exact) mass is 172 g/mol. The molecular formula is C13H16. The molecule has 0 nitrogen and oxygen atoms in total. The molecule has 68 valence electrons. The van der Waals surface area contributed by atoms with E-state index in [1.165, 1.54) is 24.0 Å². The van der Waals surface area contributed by atoms with Gasteiger partial charge in [0.15, 0.2) is 0 Å². The first-order valence-electron chi connectivity index (χ1n) is 4.75. The first kappa shape index (κ1) is 9.79. The van der Waals surface area contributed by atoms with Crippen molar-refractivity contribution >= 4 is 6.08 Å². The molecule has 0 aromatic heterocycles. The van der Waals surface area contributed by atoms with Gasteiger partial charge in [0.1, 0.15) is 0 Å². The Labute approximate surface area is 80.6 Å². The van der Waals surface area contributed by atoms with Gasteiger partial charge in [-0.2, -0.15) is 0 Å². The van der Waals surface area contributed by atoms with Gasteiger partial charge in [-0.3, -0.25) is 0 Å². The summed E-state index contributed by atoms with van der Waals surface area (Å²) < 4.78 is 0. The molecule has 0 amide bonds. The Balaban J connectivity index is 2.69. The quantitative estimate of drug-likeness (QED) is 0.605. The number of hydrogen-bond donors (Lipinski definition) is 0. The maximum atomic E-state index is 3.64. The van der Waals surface area contributed by atoms with Gasteiger partial charge in [-0.05, 0) is 17.5 Å². The molecule has 0 fully saturated rings. The lowest BCUT2D eigenvalue weighted by Crippen LogP contribution is -1.81. The summed E-state index contributed by atoms with van der Waals surface area (Å²) in [5.41, 5.74) is 2.65. The van der Waals surface area contributed by atoms with E-state index >= 15 is 0 Å². The second-order valence-corrected chi connectivity index (χ2v) is 3.09. The molecule has 0 aliphatic carbocycles. The van der Waals surface area contributed by atoms with E-state index in [9.17, 15) is 0 Å². The molecule has 1 rings (SSSR count). The highest BCUT2D eigenvalue weighted by molar-refractivity contribution is 5.51. The van der Waals surface area contributed by atoms with Crippen molar-refractivity contribution in [2.45, 2.75) is 19.8 Å². The Morgan fingerprint density at radius 3 is 2.46 bits per heavy atom. The second-order valence-electron chi connectivity index (χ2n) is 3.09. The van der Waals surface area contributed by atoms with Crippen LogP contribution in [-0.2, 0) is 6.42 Å². The van der Waals surface area contributed by atoms with Gasteiger partial charge in [0.25, 0.3) is 0 Å². The molecule has 0 saturated heterocycles. The van der Waals surface area contributed by atoms with E-state index in [4.69, 9.17) is 0 Å². The summed E-state index contributed by atoms with van der Waals surface area (Å²) in [5, 5.41) is 0. The lowest BCUT2D eigenvalue weighted by Gasteiger charge is -1.98. The summed E-state index contributed by atoms with van der Waals surface area (Å²) in [4.78, 5) is 0. The summed E-state index contributed by atoms with van der Waals surface area (Å²) in [7, 11) is 0. The van der Waals surface area contributed by atoms with Gasteiger partial charge in [-0.15, -0.1) is 0 Å². The molecule has 0 spiro atoms. The van der Waals surface area contributed by atoms with Crippen LogP contribution in [0.5, 0.6) is 0 Å². The van der Waals surface area contributed by atoms with E-state index < -0.39 is 0 Å². The molecule has 0 saturated carbocycles. The highest BCUT2D eigenvalue weighted by Crippen LogP contribution is 2.07. The first-order valence-corrected chi connectivity index (χ1v) is 4.75. The van der Waals surface area contributed by atoms with Gasteiger partial charge in [0.2, 0.25) is 0 Å². The van der Waals surface area contributed by atoms with Crippen molar-refractivity contribution in [1.29, 1.82) is 0 Å². The van der Waals surface area contributed by atoms with Crippen LogP contribution in [0.2, 0.25) is 0 Å². The third-order valence-corrected chi connectivity index (χ3v) is 1.94. The predicted octanol–water partition coefficient (Wildman–Crippen LogP) is 3.84. The minimum absolute atomic E-state index is 1.17. The zero-order valence-corrected chi connectivity index (χ0v) is 8.16. The average molecular weight is 172 g/mol. The largest absolute Gasteiger partial charge is 0.0991 e. The summed E-state index contributed by atoms with van der Waals surface area (Å²) >= 11 is 0. The van der Waals surface area contributed by atoms with Crippen molar-refractivity contribution in [3.63, 3.8) is 0 Å². The highest BCUT2D eigenvalue weighted by atomic mass is 14.0. The Morgan fingerprint density at radius 2 is 1.92 bits per heavy atom. The molecule has 0 aliphatic heterocycles. The van der Waals surface area contributed by atoms with Gasteiger partial charge in [-0.1, -0.05) is 62.4 Å². The Kier molecular flexibility index (Phi) is 4.04. The maximum Gasteiger partial charge on any atom is -0.0256 e. The normalized spacial score (nSPS) is 10.5. The lowest BCUT2D eigenvalue weighted by molar-refractivity contribution is 0.922. The van der Waals surface area contributed by atoms with Crippen molar-refractivity contribution in [2.24, 2.45) is 0 Å². The highest BCUT2D eigenvalue weighted by Gasteiger charge is 1.89. The van der Waals surface area contributed by atoms with Crippen molar-refractivity contribution in [2.75, 3.05) is 0 Å². The number of rotatable bonds is 4. The zero-order chi connectivity index (χ0) is 9.52. The number of hydrogen-bond acceptors (Lipinski definition) is 0. The third kappa shape index (κ3) is 3.29. The van der Waals surface area contributed by atoms with Crippen LogP contribution < -0.4 is 0 Å². The van der Waals surface area contributed by atoms with Crippen LogP contribution in [0.1, 0.15) is 24.5 Å². The van der Waals surface area contributed by atoms with Crippen molar-refractivity contribution in [1.82, 2.24) is 0 Å². The number of allylic oxidation sites excluding steroid dienone is 2. The fourth-order valence-corrected chi connectivity index (χ4v) is 1.26. The Bertz CT molecular complexity index is 277. The molecule has 1 aromatic carbocycles. The minimum Gasteiger partial charge on any atom is -0.0991 e. The molecule has 0 radical (unpaired) electrons. The molecule has 0 aliphatic rings. The van der Waals surface area contributed by atoms with E-state index in [1.54, 1.807) is 6.08 Å². The van der Waals surface area contributed by atoms with Gasteiger partial charge in [-0.25, -0.2) is 0 Å². The summed E-state index contributed by atoms with van der Waals surface area (Å²) in [6.45, 7) is 5.84. The van der Waals surface area contributed by atoms with Crippen LogP contribution in [0.25, 0.3) is 6.08 Å². The smallest absolute Gasteiger partial charge is 0.0256 e. The van der Waals surface area contributed by atoms with Crippen LogP contribution in [0.4, 0.5) is 0 Å². The second kappa shape index (κ2) is 5.36. The van der Waals surface area contributed by atoms with Crippen molar-refractivity contribution in [3.05, 3.63) is 54.1 Å². The molecule has 1 aromatic rings. The number of aryl methyl sites for hydroxylation is 1. The fourth-order valence-electron chi connectivity index (χ4n) is 1.26. The molecule has 0 atom stereocenters. The molecular weight excluding hydrogens is 156 g/mol. The molecule has 13 heavy (non-hydrogen) atoms. The Morgan fingerprint density at radius 1 is 1.23 bits per heavy atom. The maximum absolute atomic E-state index is 3.64. The summed E-state index contributed by atoms with van der Waals surface area (Å²) in [5.74, 6) is 0.